The van der Waals surface area contributed by atoms with Crippen molar-refractivity contribution in [2.45, 2.75) is 0 Å². The lowest BCUT2D eigenvalue weighted by Crippen LogP contribution is -1.97. The Labute approximate surface area is 597 Å². The van der Waals surface area contributed by atoms with Gasteiger partial charge in [-0.1, -0.05) is 255 Å². The molecular formula is C100H60N4. The summed E-state index contributed by atoms with van der Waals surface area (Å²) in [5.74, 6) is 0. The molecule has 0 aliphatic rings. The first kappa shape index (κ1) is 57.0. The van der Waals surface area contributed by atoms with E-state index in [1.807, 2.05) is 0 Å². The molecule has 0 saturated carbocycles. The Kier molecular flexibility index (Phi) is 12.0. The zero-order chi connectivity index (χ0) is 67.8. The number of para-hydroxylation sites is 5. The number of aromatic nitrogens is 4. The SMILES string of the molecule is c1ccc(-n2c3ccccc3c3cc(-c4ccc5c6ccccc6n(-c6cc7c8ccccc8c8cc(-c9cccc%10c9c9ccc(-c%11ccc%12c(c%11)c%11ccccc%11n%12-c%11ccccc%11)cc9n%10-c9ccc%10c%11ccccc%11c%11ccccc%11c%10c9)ccc8c7c7ccccc67)c5c4)ccc32)cc1. The van der Waals surface area contributed by atoms with Crippen molar-refractivity contribution in [3.63, 3.8) is 0 Å². The highest BCUT2D eigenvalue weighted by Crippen LogP contribution is 2.49. The summed E-state index contributed by atoms with van der Waals surface area (Å²) < 4.78 is 9.88. The predicted molar refractivity (Wildman–Crippen MR) is 443 cm³/mol. The van der Waals surface area contributed by atoms with Crippen LogP contribution in [0.25, 0.3) is 219 Å². The molecule has 0 saturated heterocycles. The normalized spacial score (nSPS) is 12.2. The van der Waals surface area contributed by atoms with Gasteiger partial charge < -0.3 is 18.3 Å². The van der Waals surface area contributed by atoms with Gasteiger partial charge in [0.15, 0.2) is 0 Å². The van der Waals surface area contributed by atoms with Crippen LogP contribution in [0.5, 0.6) is 0 Å². The standard InChI is InChI=1S/C100H60N4/c1-3-22-66(23-4-1)101-90-38-18-16-34-79(90)87-54-61(45-52-93(87)101)63-42-48-81-77-32-15-20-40-92(77)104(96(81)57-63)98-60-89-75-31-12-11-30-74(75)85-56-65(44-49-83(85)99(89)82-36-14-13-33-78(82)98)69-37-21-41-95-100(69)84-50-43-64(62-46-53-94-88(55-62)80-35-17-19-39-91(80)102(94)67-24-5-2-6-25-67)58-97(84)103(95)68-47-51-76-72-28-8-7-26-70(72)71-27-9-10-29-73(71)86(76)59-68/h1-60H. The second-order valence-corrected chi connectivity index (χ2v) is 28.2. The van der Waals surface area contributed by atoms with Crippen LogP contribution in [0.3, 0.4) is 0 Å². The van der Waals surface area contributed by atoms with Gasteiger partial charge in [-0.15, -0.1) is 0 Å². The molecule has 0 spiro atoms. The van der Waals surface area contributed by atoms with Crippen LogP contribution >= 0.6 is 0 Å². The van der Waals surface area contributed by atoms with Crippen LogP contribution < -0.4 is 0 Å². The zero-order valence-electron chi connectivity index (χ0n) is 56.4. The summed E-state index contributed by atoms with van der Waals surface area (Å²) in [6.45, 7) is 0. The van der Waals surface area contributed by atoms with Crippen molar-refractivity contribution in [3.8, 4) is 56.1 Å². The van der Waals surface area contributed by atoms with E-state index in [4.69, 9.17) is 0 Å². The Morgan fingerprint density at radius 1 is 0.135 bits per heavy atom. The van der Waals surface area contributed by atoms with Crippen LogP contribution in [-0.4, -0.2) is 18.3 Å². The maximum Gasteiger partial charge on any atom is 0.0547 e. The van der Waals surface area contributed by atoms with E-state index >= 15 is 0 Å². The van der Waals surface area contributed by atoms with Crippen molar-refractivity contribution in [1.29, 1.82) is 0 Å². The van der Waals surface area contributed by atoms with E-state index in [9.17, 15) is 0 Å². The van der Waals surface area contributed by atoms with Crippen LogP contribution in [-0.2, 0) is 0 Å². The number of hydrogen-bond acceptors (Lipinski definition) is 0. The van der Waals surface area contributed by atoms with E-state index in [1.165, 1.54) is 185 Å². The molecule has 4 heterocycles. The second kappa shape index (κ2) is 21.9. The Hall–Kier alpha value is -13.8. The molecule has 0 atom stereocenters. The molecule has 4 nitrogen and oxygen atoms in total. The van der Waals surface area contributed by atoms with E-state index in [0.29, 0.717) is 0 Å². The molecule has 23 rings (SSSR count). The fourth-order valence-corrected chi connectivity index (χ4v) is 18.4. The van der Waals surface area contributed by atoms with Gasteiger partial charge in [0, 0.05) is 65.5 Å². The van der Waals surface area contributed by atoms with Gasteiger partial charge >= 0.3 is 0 Å². The number of rotatable bonds is 7. The molecule has 104 heavy (non-hydrogen) atoms. The first-order chi connectivity index (χ1) is 51.6. The van der Waals surface area contributed by atoms with Crippen molar-refractivity contribution in [2.75, 3.05) is 0 Å². The lowest BCUT2D eigenvalue weighted by atomic mass is 9.88. The number of fused-ring (bicyclic) bond motifs is 26. The molecule has 0 bridgehead atoms. The molecular weight excluding hydrogens is 1260 g/mol. The average Bonchev–Trinajstić information content (AvgIpc) is 1.60. The molecule has 0 amide bonds. The molecule has 4 aromatic heterocycles. The van der Waals surface area contributed by atoms with Gasteiger partial charge in [0.05, 0.1) is 49.8 Å². The summed E-state index contributed by atoms with van der Waals surface area (Å²) in [4.78, 5) is 0. The van der Waals surface area contributed by atoms with Crippen molar-refractivity contribution < 1.29 is 0 Å². The Balaban J connectivity index is 0.722. The minimum Gasteiger partial charge on any atom is -0.309 e. The quantitative estimate of drug-likeness (QED) is 0.142. The van der Waals surface area contributed by atoms with Crippen LogP contribution in [0.1, 0.15) is 0 Å². The maximum absolute atomic E-state index is 2.55. The molecule has 0 fully saturated rings. The van der Waals surface area contributed by atoms with Gasteiger partial charge in [-0.05, 0) is 213 Å². The molecule has 0 unspecified atom stereocenters. The topological polar surface area (TPSA) is 19.7 Å². The predicted octanol–water partition coefficient (Wildman–Crippen LogP) is 27.1. The van der Waals surface area contributed by atoms with E-state index in [1.54, 1.807) is 0 Å². The molecule has 19 aromatic carbocycles. The summed E-state index contributed by atoms with van der Waals surface area (Å²) in [5.41, 5.74) is 21.1. The van der Waals surface area contributed by atoms with Gasteiger partial charge in [-0.2, -0.15) is 0 Å². The zero-order valence-corrected chi connectivity index (χ0v) is 56.4. The van der Waals surface area contributed by atoms with Gasteiger partial charge in [-0.25, -0.2) is 0 Å². The molecule has 480 valence electrons. The van der Waals surface area contributed by atoms with E-state index in [2.05, 4.69) is 382 Å². The van der Waals surface area contributed by atoms with Crippen LogP contribution in [0.15, 0.2) is 364 Å². The molecule has 0 aliphatic carbocycles. The Morgan fingerprint density at radius 2 is 0.481 bits per heavy atom. The Morgan fingerprint density at radius 3 is 1.06 bits per heavy atom. The summed E-state index contributed by atoms with van der Waals surface area (Å²) in [5, 5.41) is 27.2. The lowest BCUT2D eigenvalue weighted by Gasteiger charge is -2.18. The van der Waals surface area contributed by atoms with Gasteiger partial charge in [0.1, 0.15) is 0 Å². The number of hydrogen-bond donors (Lipinski definition) is 0. The lowest BCUT2D eigenvalue weighted by molar-refractivity contribution is 1.18. The number of benzene rings is 19. The highest BCUT2D eigenvalue weighted by atomic mass is 15.0. The third kappa shape index (κ3) is 8.13. The molecule has 0 aliphatic heterocycles. The first-order valence-corrected chi connectivity index (χ1v) is 36.0. The number of nitrogens with zero attached hydrogens (tertiary/aromatic N) is 4. The van der Waals surface area contributed by atoms with Crippen LogP contribution in [0.4, 0.5) is 0 Å². The van der Waals surface area contributed by atoms with E-state index in [0.717, 1.165) is 33.8 Å². The first-order valence-electron chi connectivity index (χ1n) is 36.0. The summed E-state index contributed by atoms with van der Waals surface area (Å²) >= 11 is 0. The van der Waals surface area contributed by atoms with E-state index in [-0.39, 0.29) is 0 Å². The summed E-state index contributed by atoms with van der Waals surface area (Å²) in [6, 6.07) is 136. The monoisotopic (exact) mass is 1320 g/mol. The van der Waals surface area contributed by atoms with Gasteiger partial charge in [-0.3, -0.25) is 0 Å². The highest BCUT2D eigenvalue weighted by Gasteiger charge is 2.24. The summed E-state index contributed by atoms with van der Waals surface area (Å²) in [7, 11) is 0. The third-order valence-corrected chi connectivity index (χ3v) is 22.9. The summed E-state index contributed by atoms with van der Waals surface area (Å²) in [6.07, 6.45) is 0. The minimum atomic E-state index is 1.12. The Bertz CT molecular complexity index is 7620. The van der Waals surface area contributed by atoms with Crippen LogP contribution in [0, 0.1) is 0 Å². The van der Waals surface area contributed by atoms with Crippen molar-refractivity contribution in [3.05, 3.63) is 364 Å². The van der Waals surface area contributed by atoms with Crippen molar-refractivity contribution in [2.24, 2.45) is 0 Å². The average molecular weight is 1320 g/mol. The fourth-order valence-electron chi connectivity index (χ4n) is 18.4. The highest BCUT2D eigenvalue weighted by molar-refractivity contribution is 6.34. The molecule has 0 radical (unpaired) electrons. The third-order valence-electron chi connectivity index (χ3n) is 22.9. The van der Waals surface area contributed by atoms with Crippen LogP contribution in [0.2, 0.25) is 0 Å². The van der Waals surface area contributed by atoms with Crippen molar-refractivity contribution in [1.82, 2.24) is 18.3 Å². The second-order valence-electron chi connectivity index (χ2n) is 28.2. The molecule has 0 N–H and O–H groups in total. The minimum absolute atomic E-state index is 1.12. The molecule has 23 aromatic rings. The molecule has 4 heteroatoms. The maximum atomic E-state index is 2.55. The largest absolute Gasteiger partial charge is 0.309 e. The fraction of sp³-hybridized carbons (Fsp3) is 0. The van der Waals surface area contributed by atoms with Gasteiger partial charge in [0.25, 0.3) is 0 Å². The van der Waals surface area contributed by atoms with Crippen molar-refractivity contribution >= 4 is 163 Å². The van der Waals surface area contributed by atoms with Gasteiger partial charge in [0.2, 0.25) is 0 Å². The van der Waals surface area contributed by atoms with E-state index < -0.39 is 0 Å². The smallest absolute Gasteiger partial charge is 0.0547 e.